The largest absolute Gasteiger partial charge is 0.378 e. The highest BCUT2D eigenvalue weighted by molar-refractivity contribution is 6.03. The molecule has 132 valence electrons. The molecule has 1 aliphatic heterocycles. The summed E-state index contributed by atoms with van der Waals surface area (Å²) in [5.41, 5.74) is 2.42. The van der Waals surface area contributed by atoms with E-state index in [1.54, 1.807) is 6.07 Å². The number of carbonyl (C=O) groups is 1. The molecule has 25 heavy (non-hydrogen) atoms. The summed E-state index contributed by atoms with van der Waals surface area (Å²) in [5.74, 6) is 0.520. The Bertz CT molecular complexity index is 732. The summed E-state index contributed by atoms with van der Waals surface area (Å²) in [4.78, 5) is 23.0. The monoisotopic (exact) mass is 340 g/mol. The fourth-order valence-corrected chi connectivity index (χ4v) is 2.69. The molecule has 1 aliphatic rings. The van der Waals surface area contributed by atoms with Crippen molar-refractivity contribution in [2.24, 2.45) is 0 Å². The number of rotatable bonds is 3. The quantitative estimate of drug-likeness (QED) is 0.930. The average molecular weight is 340 g/mol. The third-order valence-electron chi connectivity index (χ3n) is 4.23. The molecule has 1 aromatic carbocycles. The van der Waals surface area contributed by atoms with Crippen LogP contribution in [0.1, 0.15) is 36.8 Å². The van der Waals surface area contributed by atoms with Gasteiger partial charge in [0, 0.05) is 24.8 Å². The molecule has 1 fully saturated rings. The topological polar surface area (TPSA) is 67.4 Å². The van der Waals surface area contributed by atoms with Gasteiger partial charge in [-0.15, -0.1) is 0 Å². The Hall–Kier alpha value is -2.47. The second-order valence-electron chi connectivity index (χ2n) is 7.14. The van der Waals surface area contributed by atoms with Crippen LogP contribution in [-0.4, -0.2) is 42.2 Å². The van der Waals surface area contributed by atoms with E-state index in [4.69, 9.17) is 4.74 Å². The molecule has 0 unspecified atom stereocenters. The van der Waals surface area contributed by atoms with E-state index in [-0.39, 0.29) is 11.3 Å². The van der Waals surface area contributed by atoms with E-state index in [1.807, 2.05) is 24.3 Å². The molecule has 0 saturated carbocycles. The number of aromatic nitrogens is 2. The first-order valence-corrected chi connectivity index (χ1v) is 8.50. The highest BCUT2D eigenvalue weighted by Gasteiger charge is 2.16. The maximum Gasteiger partial charge on any atom is 0.274 e. The molecule has 1 amide bonds. The molecule has 6 nitrogen and oxygen atoms in total. The van der Waals surface area contributed by atoms with E-state index in [2.05, 4.69) is 41.0 Å². The molecular weight excluding hydrogens is 316 g/mol. The van der Waals surface area contributed by atoms with E-state index in [9.17, 15) is 4.79 Å². The summed E-state index contributed by atoms with van der Waals surface area (Å²) < 4.78 is 5.35. The summed E-state index contributed by atoms with van der Waals surface area (Å²) in [6.07, 6.45) is 1.43. The summed E-state index contributed by atoms with van der Waals surface area (Å²) in [6.45, 7) is 9.37. The van der Waals surface area contributed by atoms with Crippen LogP contribution in [0, 0.1) is 0 Å². The van der Waals surface area contributed by atoms with Crippen LogP contribution >= 0.6 is 0 Å². The standard InChI is InChI=1S/C19H24N4O2/c1-19(2,3)14-4-6-15(7-5-14)22-18(24)16-12-17(21-13-20-16)23-8-10-25-11-9-23/h4-7,12-13H,8-11H2,1-3H3,(H,22,24). The summed E-state index contributed by atoms with van der Waals surface area (Å²) in [5, 5.41) is 2.89. The van der Waals surface area contributed by atoms with Gasteiger partial charge in [-0.2, -0.15) is 0 Å². The Kier molecular flexibility index (Phi) is 4.99. The number of nitrogens with one attached hydrogen (secondary N) is 1. The van der Waals surface area contributed by atoms with E-state index in [0.717, 1.165) is 24.6 Å². The van der Waals surface area contributed by atoms with Gasteiger partial charge in [0.15, 0.2) is 0 Å². The summed E-state index contributed by atoms with van der Waals surface area (Å²) in [7, 11) is 0. The van der Waals surface area contributed by atoms with Crippen LogP contribution in [0.25, 0.3) is 0 Å². The summed E-state index contributed by atoms with van der Waals surface area (Å²) in [6, 6.07) is 9.64. The molecule has 0 atom stereocenters. The number of nitrogens with zero attached hydrogens (tertiary/aromatic N) is 3. The van der Waals surface area contributed by atoms with E-state index >= 15 is 0 Å². The average Bonchev–Trinajstić information content (AvgIpc) is 2.62. The second-order valence-corrected chi connectivity index (χ2v) is 7.14. The van der Waals surface area contributed by atoms with Gasteiger partial charge in [0.1, 0.15) is 17.8 Å². The Morgan fingerprint density at radius 2 is 1.80 bits per heavy atom. The van der Waals surface area contributed by atoms with E-state index in [1.165, 1.54) is 11.9 Å². The zero-order valence-corrected chi connectivity index (χ0v) is 15.0. The van der Waals surface area contributed by atoms with Gasteiger partial charge in [0.25, 0.3) is 5.91 Å². The molecule has 1 saturated heterocycles. The lowest BCUT2D eigenvalue weighted by Crippen LogP contribution is -2.37. The van der Waals surface area contributed by atoms with Crippen LogP contribution in [0.4, 0.5) is 11.5 Å². The minimum absolute atomic E-state index is 0.0856. The number of carbonyl (C=O) groups excluding carboxylic acids is 1. The van der Waals surface area contributed by atoms with Gasteiger partial charge in [-0.05, 0) is 23.1 Å². The van der Waals surface area contributed by atoms with Crippen molar-refractivity contribution in [2.75, 3.05) is 36.5 Å². The lowest BCUT2D eigenvalue weighted by molar-refractivity contribution is 0.102. The van der Waals surface area contributed by atoms with Gasteiger partial charge in [-0.25, -0.2) is 9.97 Å². The van der Waals surface area contributed by atoms with Crippen molar-refractivity contribution >= 4 is 17.4 Å². The van der Waals surface area contributed by atoms with Crippen molar-refractivity contribution in [3.8, 4) is 0 Å². The maximum atomic E-state index is 12.5. The molecule has 6 heteroatoms. The number of hydrogen-bond acceptors (Lipinski definition) is 5. The van der Waals surface area contributed by atoms with Gasteiger partial charge in [-0.1, -0.05) is 32.9 Å². The van der Waals surface area contributed by atoms with Crippen LogP contribution in [0.5, 0.6) is 0 Å². The smallest absolute Gasteiger partial charge is 0.274 e. The molecule has 1 aromatic heterocycles. The number of hydrogen-bond donors (Lipinski definition) is 1. The minimum atomic E-state index is -0.236. The first-order valence-electron chi connectivity index (χ1n) is 8.50. The maximum absolute atomic E-state index is 12.5. The molecule has 1 N–H and O–H groups in total. The predicted octanol–water partition coefficient (Wildman–Crippen LogP) is 2.86. The van der Waals surface area contributed by atoms with Crippen molar-refractivity contribution in [1.82, 2.24) is 9.97 Å². The minimum Gasteiger partial charge on any atom is -0.378 e. The molecular formula is C19H24N4O2. The third kappa shape index (κ3) is 4.33. The summed E-state index contributed by atoms with van der Waals surface area (Å²) >= 11 is 0. The van der Waals surface area contributed by atoms with Gasteiger partial charge in [0.2, 0.25) is 0 Å². The lowest BCUT2D eigenvalue weighted by atomic mass is 9.87. The number of anilines is 2. The van der Waals surface area contributed by atoms with Crippen molar-refractivity contribution in [1.29, 1.82) is 0 Å². The molecule has 0 radical (unpaired) electrons. The zero-order chi connectivity index (χ0) is 17.9. The number of benzene rings is 1. The van der Waals surface area contributed by atoms with Crippen molar-refractivity contribution in [3.63, 3.8) is 0 Å². The van der Waals surface area contributed by atoms with E-state index < -0.39 is 0 Å². The zero-order valence-electron chi connectivity index (χ0n) is 15.0. The van der Waals surface area contributed by atoms with Gasteiger partial charge in [0.05, 0.1) is 13.2 Å². The van der Waals surface area contributed by atoms with Crippen molar-refractivity contribution in [2.45, 2.75) is 26.2 Å². The number of ether oxygens (including phenoxy) is 1. The van der Waals surface area contributed by atoms with Crippen LogP contribution < -0.4 is 10.2 Å². The molecule has 0 aliphatic carbocycles. The lowest BCUT2D eigenvalue weighted by Gasteiger charge is -2.27. The first kappa shape index (κ1) is 17.4. The van der Waals surface area contributed by atoms with Crippen LogP contribution in [-0.2, 0) is 10.2 Å². The van der Waals surface area contributed by atoms with E-state index in [0.29, 0.717) is 18.9 Å². The van der Waals surface area contributed by atoms with Crippen molar-refractivity contribution in [3.05, 3.63) is 47.9 Å². The van der Waals surface area contributed by atoms with Crippen LogP contribution in [0.3, 0.4) is 0 Å². The highest BCUT2D eigenvalue weighted by atomic mass is 16.5. The van der Waals surface area contributed by atoms with Gasteiger partial charge in [-0.3, -0.25) is 4.79 Å². The van der Waals surface area contributed by atoms with Gasteiger partial charge >= 0.3 is 0 Å². The van der Waals surface area contributed by atoms with Crippen LogP contribution in [0.2, 0.25) is 0 Å². The normalized spacial score (nSPS) is 15.1. The molecule has 0 bridgehead atoms. The highest BCUT2D eigenvalue weighted by Crippen LogP contribution is 2.23. The Morgan fingerprint density at radius 1 is 1.12 bits per heavy atom. The fourth-order valence-electron chi connectivity index (χ4n) is 2.69. The molecule has 2 heterocycles. The fraction of sp³-hybridized carbons (Fsp3) is 0.421. The van der Waals surface area contributed by atoms with Gasteiger partial charge < -0.3 is 15.0 Å². The number of amides is 1. The Morgan fingerprint density at radius 3 is 2.44 bits per heavy atom. The third-order valence-corrected chi connectivity index (χ3v) is 4.23. The first-order chi connectivity index (χ1) is 11.9. The second kappa shape index (κ2) is 7.19. The van der Waals surface area contributed by atoms with Crippen molar-refractivity contribution < 1.29 is 9.53 Å². The van der Waals surface area contributed by atoms with Crippen LogP contribution in [0.15, 0.2) is 36.7 Å². The Labute approximate surface area is 148 Å². The number of morpholine rings is 1. The molecule has 0 spiro atoms. The Balaban J connectivity index is 1.70. The molecule has 2 aromatic rings. The predicted molar refractivity (Wildman–Crippen MR) is 98.2 cm³/mol. The molecule has 3 rings (SSSR count). The SMILES string of the molecule is CC(C)(C)c1ccc(NC(=O)c2cc(N3CCOCC3)ncn2)cc1.